The van der Waals surface area contributed by atoms with Crippen molar-refractivity contribution in [3.8, 4) is 11.1 Å². The molecule has 1 aromatic heterocycles. The summed E-state index contributed by atoms with van der Waals surface area (Å²) in [5.74, 6) is -1.82. The van der Waals surface area contributed by atoms with Crippen LogP contribution in [0.5, 0.6) is 0 Å². The van der Waals surface area contributed by atoms with E-state index in [4.69, 9.17) is 15.1 Å². The smallest absolute Gasteiger partial charge is 0.475 e. The van der Waals surface area contributed by atoms with Gasteiger partial charge in [0.1, 0.15) is 0 Å². The Labute approximate surface area is 235 Å². The molecule has 2 heterocycles. The SMILES string of the molecule is Cn1cc(-c2ccc(C3CC3NCC3CN(CCCc4ccc(C(=O)NO)cc4)C3)cc2)cn1.O=C(O)C(F)(F)F. The molecule has 41 heavy (non-hydrogen) atoms. The number of halogens is 3. The van der Waals surface area contributed by atoms with Gasteiger partial charge < -0.3 is 15.3 Å². The molecule has 2 fully saturated rings. The number of amides is 1. The number of carboxylic acid groups (broad SMARTS) is 1. The Hall–Kier alpha value is -3.74. The third-order valence-electron chi connectivity index (χ3n) is 7.37. The summed E-state index contributed by atoms with van der Waals surface area (Å²) >= 11 is 0. The van der Waals surface area contributed by atoms with Crippen molar-refractivity contribution in [3.63, 3.8) is 0 Å². The third-order valence-corrected chi connectivity index (χ3v) is 7.37. The first-order valence-corrected chi connectivity index (χ1v) is 13.4. The normalized spacial score (nSPS) is 18.7. The van der Waals surface area contributed by atoms with Crippen LogP contribution in [0.2, 0.25) is 0 Å². The molecule has 9 nitrogen and oxygen atoms in total. The molecule has 2 aliphatic rings. The molecule has 1 amide bonds. The number of carbonyl (C=O) groups excluding carboxylic acids is 1. The molecule has 3 aromatic rings. The Balaban J connectivity index is 0.000000493. The first-order chi connectivity index (χ1) is 19.5. The lowest BCUT2D eigenvalue weighted by molar-refractivity contribution is -0.192. The number of hydrogen-bond donors (Lipinski definition) is 4. The van der Waals surface area contributed by atoms with Crippen molar-refractivity contribution in [1.82, 2.24) is 25.5 Å². The number of benzene rings is 2. The second kappa shape index (κ2) is 13.3. The molecule has 4 N–H and O–H groups in total. The van der Waals surface area contributed by atoms with E-state index in [0.717, 1.165) is 31.8 Å². The van der Waals surface area contributed by atoms with Gasteiger partial charge in [0.15, 0.2) is 0 Å². The maximum Gasteiger partial charge on any atom is 0.490 e. The molecular formula is C29H34F3N5O4. The number of hydrogen-bond acceptors (Lipinski definition) is 6. The molecule has 0 bridgehead atoms. The topological polar surface area (TPSA) is 120 Å². The number of likely N-dealkylation sites (tertiary alicyclic amines) is 1. The van der Waals surface area contributed by atoms with Gasteiger partial charge in [0, 0.05) is 56.0 Å². The number of alkyl halides is 3. The highest BCUT2D eigenvalue weighted by Gasteiger charge is 2.39. The highest BCUT2D eigenvalue weighted by molar-refractivity contribution is 5.93. The lowest BCUT2D eigenvalue weighted by Crippen LogP contribution is -2.51. The van der Waals surface area contributed by atoms with Gasteiger partial charge in [-0.25, -0.2) is 10.3 Å². The molecule has 1 aliphatic heterocycles. The number of aromatic nitrogens is 2. The molecule has 5 rings (SSSR count). The minimum absolute atomic E-state index is 0.469. The largest absolute Gasteiger partial charge is 0.490 e. The van der Waals surface area contributed by atoms with Gasteiger partial charge in [-0.3, -0.25) is 14.7 Å². The molecule has 2 atom stereocenters. The summed E-state index contributed by atoms with van der Waals surface area (Å²) in [5, 5.41) is 23.9. The van der Waals surface area contributed by atoms with E-state index in [1.54, 1.807) is 17.6 Å². The lowest BCUT2D eigenvalue weighted by Gasteiger charge is -2.39. The monoisotopic (exact) mass is 573 g/mol. The van der Waals surface area contributed by atoms with Crippen molar-refractivity contribution in [2.45, 2.75) is 37.4 Å². The predicted octanol–water partition coefficient (Wildman–Crippen LogP) is 3.85. The van der Waals surface area contributed by atoms with Crippen LogP contribution >= 0.6 is 0 Å². The summed E-state index contributed by atoms with van der Waals surface area (Å²) in [6.07, 6.45) is 2.24. The number of aliphatic carboxylic acids is 1. The number of carbonyl (C=O) groups is 2. The minimum Gasteiger partial charge on any atom is -0.475 e. The van der Waals surface area contributed by atoms with Gasteiger partial charge >= 0.3 is 12.1 Å². The Morgan fingerprint density at radius 1 is 1.05 bits per heavy atom. The van der Waals surface area contributed by atoms with Gasteiger partial charge in [0.05, 0.1) is 6.20 Å². The van der Waals surface area contributed by atoms with E-state index in [1.165, 1.54) is 41.8 Å². The Morgan fingerprint density at radius 2 is 1.71 bits per heavy atom. The van der Waals surface area contributed by atoms with Crippen molar-refractivity contribution < 1.29 is 33.1 Å². The lowest BCUT2D eigenvalue weighted by atomic mass is 9.99. The summed E-state index contributed by atoms with van der Waals surface area (Å²) < 4.78 is 33.6. The van der Waals surface area contributed by atoms with E-state index < -0.39 is 18.1 Å². The van der Waals surface area contributed by atoms with Gasteiger partial charge in [-0.2, -0.15) is 18.3 Å². The average Bonchev–Trinajstić information content (AvgIpc) is 3.58. The average molecular weight is 574 g/mol. The van der Waals surface area contributed by atoms with Crippen LogP contribution in [-0.4, -0.2) is 75.3 Å². The van der Waals surface area contributed by atoms with Crippen molar-refractivity contribution >= 4 is 11.9 Å². The molecule has 1 saturated carbocycles. The van der Waals surface area contributed by atoms with Crippen LogP contribution in [0.25, 0.3) is 11.1 Å². The number of nitrogens with one attached hydrogen (secondary N) is 2. The summed E-state index contributed by atoms with van der Waals surface area (Å²) in [6.45, 7) is 4.59. The summed E-state index contributed by atoms with van der Waals surface area (Å²) in [7, 11) is 1.95. The van der Waals surface area contributed by atoms with Crippen molar-refractivity contribution in [2.24, 2.45) is 13.0 Å². The van der Waals surface area contributed by atoms with Crippen molar-refractivity contribution in [2.75, 3.05) is 26.2 Å². The number of hydroxylamine groups is 1. The molecule has 0 radical (unpaired) electrons. The van der Waals surface area contributed by atoms with Crippen molar-refractivity contribution in [1.29, 1.82) is 0 Å². The number of carboxylic acids is 1. The standard InChI is InChI=1S/C27H33N5O2.C2HF3O2/c1-31-18-24(15-29-31)21-8-10-22(11-9-21)25-13-26(25)28-14-20-16-32(17-20)12-2-3-19-4-6-23(7-5-19)27(33)30-34;3-2(4,5)1(6)7/h4-11,15,18,20,25-26,28,34H,2-3,12-14,16-17H2,1H3,(H,30,33);(H,6,7). The fourth-order valence-corrected chi connectivity index (χ4v) is 4.98. The van der Waals surface area contributed by atoms with Crippen LogP contribution in [-0.2, 0) is 18.3 Å². The number of rotatable bonds is 10. The van der Waals surface area contributed by atoms with Crippen LogP contribution < -0.4 is 10.8 Å². The Bertz CT molecular complexity index is 1310. The van der Waals surface area contributed by atoms with E-state index in [-0.39, 0.29) is 0 Å². The summed E-state index contributed by atoms with van der Waals surface area (Å²) in [6, 6.07) is 17.0. The van der Waals surface area contributed by atoms with Gasteiger partial charge in [-0.05, 0) is 60.5 Å². The van der Waals surface area contributed by atoms with Crippen LogP contribution in [0, 0.1) is 5.92 Å². The first kappa shape index (κ1) is 30.2. The van der Waals surface area contributed by atoms with Gasteiger partial charge in [-0.15, -0.1) is 0 Å². The zero-order valence-corrected chi connectivity index (χ0v) is 22.6. The number of aryl methyl sites for hydroxylation is 2. The molecular weight excluding hydrogens is 539 g/mol. The Morgan fingerprint density at radius 3 is 2.27 bits per heavy atom. The van der Waals surface area contributed by atoms with Gasteiger partial charge in [-0.1, -0.05) is 36.4 Å². The van der Waals surface area contributed by atoms with E-state index in [9.17, 15) is 18.0 Å². The zero-order chi connectivity index (χ0) is 29.6. The van der Waals surface area contributed by atoms with Gasteiger partial charge in [0.25, 0.3) is 5.91 Å². The molecule has 1 saturated heterocycles. The Kier molecular flexibility index (Phi) is 9.79. The fraction of sp³-hybridized carbons (Fsp3) is 0.414. The molecule has 2 unspecified atom stereocenters. The van der Waals surface area contributed by atoms with Gasteiger partial charge in [0.2, 0.25) is 0 Å². The zero-order valence-electron chi connectivity index (χ0n) is 22.6. The van der Waals surface area contributed by atoms with Crippen molar-refractivity contribution in [3.05, 3.63) is 77.6 Å². The second-order valence-electron chi connectivity index (χ2n) is 10.6. The predicted molar refractivity (Wildman–Crippen MR) is 145 cm³/mol. The summed E-state index contributed by atoms with van der Waals surface area (Å²) in [5.41, 5.74) is 7.19. The minimum atomic E-state index is -5.08. The molecule has 0 spiro atoms. The first-order valence-electron chi connectivity index (χ1n) is 13.4. The van der Waals surface area contributed by atoms with Crippen LogP contribution in [0.4, 0.5) is 13.2 Å². The third kappa shape index (κ3) is 8.62. The van der Waals surface area contributed by atoms with Crippen LogP contribution in [0.3, 0.4) is 0 Å². The molecule has 220 valence electrons. The van der Waals surface area contributed by atoms with E-state index >= 15 is 0 Å². The fourth-order valence-electron chi connectivity index (χ4n) is 4.98. The molecule has 2 aromatic carbocycles. The molecule has 1 aliphatic carbocycles. The van der Waals surface area contributed by atoms with E-state index in [0.29, 0.717) is 17.5 Å². The number of nitrogens with zero attached hydrogens (tertiary/aromatic N) is 3. The van der Waals surface area contributed by atoms with E-state index in [1.807, 2.05) is 30.1 Å². The maximum atomic E-state index is 11.4. The van der Waals surface area contributed by atoms with Crippen LogP contribution in [0.1, 0.15) is 40.2 Å². The maximum absolute atomic E-state index is 11.4. The van der Waals surface area contributed by atoms with E-state index in [2.05, 4.69) is 45.8 Å². The highest BCUT2D eigenvalue weighted by atomic mass is 19.4. The van der Waals surface area contributed by atoms with Crippen LogP contribution in [0.15, 0.2) is 60.9 Å². The second-order valence-corrected chi connectivity index (χ2v) is 10.6. The molecule has 12 heteroatoms. The quantitative estimate of drug-likeness (QED) is 0.215. The highest BCUT2D eigenvalue weighted by Crippen LogP contribution is 2.41. The summed E-state index contributed by atoms with van der Waals surface area (Å²) in [4.78, 5) is 22.8.